The zero-order valence-corrected chi connectivity index (χ0v) is 14.7. The summed E-state index contributed by atoms with van der Waals surface area (Å²) in [6.45, 7) is 0. The third kappa shape index (κ3) is 4.02. The molecule has 0 saturated heterocycles. The van der Waals surface area contributed by atoms with Gasteiger partial charge in [0.1, 0.15) is 5.75 Å². The maximum atomic E-state index is 12.3. The van der Waals surface area contributed by atoms with Crippen LogP contribution in [0.2, 0.25) is 0 Å². The number of anilines is 2. The monoisotopic (exact) mass is 375 g/mol. The minimum Gasteiger partial charge on any atom is -0.406 e. The molecular formula is C20H20F3N3O. The number of imidazole rings is 1. The number of ether oxygens (including phenoxy) is 1. The molecule has 1 aromatic heterocycles. The van der Waals surface area contributed by atoms with Crippen LogP contribution in [-0.2, 0) is 0 Å². The Bertz CT molecular complexity index is 912. The van der Waals surface area contributed by atoms with E-state index in [9.17, 15) is 13.2 Å². The average molecular weight is 375 g/mol. The highest BCUT2D eigenvalue weighted by molar-refractivity contribution is 5.80. The van der Waals surface area contributed by atoms with E-state index < -0.39 is 6.36 Å². The Morgan fingerprint density at radius 2 is 1.67 bits per heavy atom. The van der Waals surface area contributed by atoms with E-state index in [1.807, 2.05) is 18.2 Å². The summed E-state index contributed by atoms with van der Waals surface area (Å²) in [5.74, 6) is 0.474. The number of hydrogen-bond acceptors (Lipinski definition) is 3. The fourth-order valence-electron chi connectivity index (χ4n) is 3.71. The predicted octanol–water partition coefficient (Wildman–Crippen LogP) is 6.18. The Morgan fingerprint density at radius 1 is 0.963 bits per heavy atom. The van der Waals surface area contributed by atoms with Crippen molar-refractivity contribution in [3.05, 3.63) is 48.5 Å². The molecular weight excluding hydrogens is 355 g/mol. The topological polar surface area (TPSA) is 39.1 Å². The van der Waals surface area contributed by atoms with Crippen LogP contribution in [0.25, 0.3) is 11.0 Å². The quantitative estimate of drug-likeness (QED) is 0.591. The van der Waals surface area contributed by atoms with Gasteiger partial charge in [-0.15, -0.1) is 13.2 Å². The maximum absolute atomic E-state index is 12.3. The van der Waals surface area contributed by atoms with Crippen molar-refractivity contribution in [3.8, 4) is 5.75 Å². The molecule has 0 amide bonds. The van der Waals surface area contributed by atoms with Gasteiger partial charge in [-0.3, -0.25) is 0 Å². The minimum absolute atomic E-state index is 0.242. The lowest BCUT2D eigenvalue weighted by molar-refractivity contribution is -0.274. The largest absolute Gasteiger partial charge is 0.573 e. The number of para-hydroxylation sites is 2. The Labute approximate surface area is 155 Å². The van der Waals surface area contributed by atoms with Gasteiger partial charge in [-0.25, -0.2) is 4.98 Å². The third-order valence-electron chi connectivity index (χ3n) is 4.88. The standard InChI is InChI=1S/C20H20F3N3O/c21-20(22,23)27-16-12-10-14(11-13-16)24-19-25-17-8-4-5-9-18(17)26(19)15-6-2-1-3-7-15/h4-5,8-13,15H,1-3,6-7H2,(H,24,25). The highest BCUT2D eigenvalue weighted by atomic mass is 19.4. The van der Waals surface area contributed by atoms with E-state index in [0.717, 1.165) is 23.9 Å². The molecule has 1 N–H and O–H groups in total. The van der Waals surface area contributed by atoms with Crippen LogP contribution >= 0.6 is 0 Å². The lowest BCUT2D eigenvalue weighted by atomic mass is 9.95. The predicted molar refractivity (Wildman–Crippen MR) is 98.3 cm³/mol. The minimum atomic E-state index is -4.69. The number of rotatable bonds is 4. The zero-order chi connectivity index (χ0) is 18.9. The maximum Gasteiger partial charge on any atom is 0.573 e. The van der Waals surface area contributed by atoms with E-state index in [0.29, 0.717) is 17.7 Å². The van der Waals surface area contributed by atoms with Crippen molar-refractivity contribution in [3.63, 3.8) is 0 Å². The van der Waals surface area contributed by atoms with Gasteiger partial charge in [0.15, 0.2) is 0 Å². The van der Waals surface area contributed by atoms with Crippen molar-refractivity contribution in [1.29, 1.82) is 0 Å². The Morgan fingerprint density at radius 3 is 2.37 bits per heavy atom. The summed E-state index contributed by atoms with van der Waals surface area (Å²) in [5, 5.41) is 3.26. The number of benzene rings is 2. The number of hydrogen-bond donors (Lipinski definition) is 1. The summed E-state index contributed by atoms with van der Waals surface area (Å²) in [6.07, 6.45) is 1.16. The van der Waals surface area contributed by atoms with E-state index in [4.69, 9.17) is 4.98 Å². The van der Waals surface area contributed by atoms with Crippen molar-refractivity contribution in [2.75, 3.05) is 5.32 Å². The van der Waals surface area contributed by atoms with E-state index in [-0.39, 0.29) is 5.75 Å². The molecule has 1 fully saturated rings. The molecule has 1 saturated carbocycles. The first-order chi connectivity index (χ1) is 13.0. The van der Waals surface area contributed by atoms with Gasteiger partial charge in [0, 0.05) is 11.7 Å². The number of alkyl halides is 3. The second kappa shape index (κ2) is 7.13. The van der Waals surface area contributed by atoms with E-state index >= 15 is 0 Å². The second-order valence-electron chi connectivity index (χ2n) is 6.78. The summed E-state index contributed by atoms with van der Waals surface area (Å²) in [6, 6.07) is 14.1. The number of halogens is 3. The van der Waals surface area contributed by atoms with Gasteiger partial charge in [-0.05, 0) is 49.2 Å². The fourth-order valence-corrected chi connectivity index (χ4v) is 3.71. The number of aromatic nitrogens is 2. The van der Waals surface area contributed by atoms with Crippen LogP contribution < -0.4 is 10.1 Å². The molecule has 0 radical (unpaired) electrons. The molecule has 1 aliphatic rings. The lowest BCUT2D eigenvalue weighted by Crippen LogP contribution is -2.17. The van der Waals surface area contributed by atoms with Gasteiger partial charge in [-0.2, -0.15) is 0 Å². The van der Waals surface area contributed by atoms with E-state index in [1.54, 1.807) is 12.1 Å². The Hall–Kier alpha value is -2.70. The highest BCUT2D eigenvalue weighted by Crippen LogP contribution is 2.35. The van der Waals surface area contributed by atoms with Crippen molar-refractivity contribution >= 4 is 22.7 Å². The van der Waals surface area contributed by atoms with Gasteiger partial charge < -0.3 is 14.6 Å². The number of nitrogens with zero attached hydrogens (tertiary/aromatic N) is 2. The van der Waals surface area contributed by atoms with Gasteiger partial charge in [-0.1, -0.05) is 31.4 Å². The molecule has 1 aliphatic carbocycles. The summed E-state index contributed by atoms with van der Waals surface area (Å²) in [7, 11) is 0. The molecule has 1 heterocycles. The first-order valence-corrected chi connectivity index (χ1v) is 9.09. The fraction of sp³-hybridized carbons (Fsp3) is 0.350. The zero-order valence-electron chi connectivity index (χ0n) is 14.7. The molecule has 0 unspecified atom stereocenters. The molecule has 0 bridgehead atoms. The lowest BCUT2D eigenvalue weighted by Gasteiger charge is -2.25. The molecule has 4 nitrogen and oxygen atoms in total. The normalized spacial score (nSPS) is 15.8. The smallest absolute Gasteiger partial charge is 0.406 e. The molecule has 0 atom stereocenters. The molecule has 3 aromatic rings. The van der Waals surface area contributed by atoms with Crippen LogP contribution in [0.3, 0.4) is 0 Å². The van der Waals surface area contributed by atoms with Crippen molar-refractivity contribution in [2.24, 2.45) is 0 Å². The number of nitrogens with one attached hydrogen (secondary N) is 1. The SMILES string of the molecule is FC(F)(F)Oc1ccc(Nc2nc3ccccc3n2C2CCCCC2)cc1. The van der Waals surface area contributed by atoms with Gasteiger partial charge in [0.2, 0.25) is 5.95 Å². The summed E-state index contributed by atoms with van der Waals surface area (Å²) in [4.78, 5) is 4.71. The first-order valence-electron chi connectivity index (χ1n) is 9.09. The van der Waals surface area contributed by atoms with Gasteiger partial charge in [0.05, 0.1) is 11.0 Å². The summed E-state index contributed by atoms with van der Waals surface area (Å²) in [5.41, 5.74) is 2.64. The summed E-state index contributed by atoms with van der Waals surface area (Å²) >= 11 is 0. The van der Waals surface area contributed by atoms with Crippen LogP contribution in [0.1, 0.15) is 38.1 Å². The van der Waals surface area contributed by atoms with Gasteiger partial charge in [0.25, 0.3) is 0 Å². The van der Waals surface area contributed by atoms with Crippen LogP contribution in [0, 0.1) is 0 Å². The number of fused-ring (bicyclic) bond motifs is 1. The molecule has 2 aromatic carbocycles. The van der Waals surface area contributed by atoms with Crippen molar-refractivity contribution in [2.45, 2.75) is 44.5 Å². The Balaban J connectivity index is 1.63. The highest BCUT2D eigenvalue weighted by Gasteiger charge is 2.31. The van der Waals surface area contributed by atoms with Crippen molar-refractivity contribution in [1.82, 2.24) is 9.55 Å². The molecule has 4 rings (SSSR count). The second-order valence-corrected chi connectivity index (χ2v) is 6.78. The van der Waals surface area contributed by atoms with E-state index in [1.165, 1.54) is 31.4 Å². The summed E-state index contributed by atoms with van der Waals surface area (Å²) < 4.78 is 43.1. The van der Waals surface area contributed by atoms with Crippen LogP contribution in [-0.4, -0.2) is 15.9 Å². The van der Waals surface area contributed by atoms with Crippen molar-refractivity contribution < 1.29 is 17.9 Å². The average Bonchev–Trinajstić information content (AvgIpc) is 3.01. The third-order valence-corrected chi connectivity index (χ3v) is 4.88. The molecule has 27 heavy (non-hydrogen) atoms. The molecule has 0 aliphatic heterocycles. The Kier molecular flexibility index (Phi) is 4.68. The van der Waals surface area contributed by atoms with Crippen LogP contribution in [0.4, 0.5) is 24.8 Å². The molecule has 142 valence electrons. The molecule has 0 spiro atoms. The van der Waals surface area contributed by atoms with Gasteiger partial charge >= 0.3 is 6.36 Å². The first kappa shape index (κ1) is 17.7. The molecule has 7 heteroatoms. The van der Waals surface area contributed by atoms with E-state index in [2.05, 4.69) is 20.7 Å². The van der Waals surface area contributed by atoms with Crippen LogP contribution in [0.5, 0.6) is 5.75 Å². The van der Waals surface area contributed by atoms with Crippen LogP contribution in [0.15, 0.2) is 48.5 Å².